The maximum Gasteiger partial charge on any atom is 0.338 e. The van der Waals surface area contributed by atoms with E-state index in [0.717, 1.165) is 25.9 Å². The van der Waals surface area contributed by atoms with Gasteiger partial charge in [-0.2, -0.15) is 0 Å². The molecule has 1 fully saturated rings. The van der Waals surface area contributed by atoms with Crippen LogP contribution in [0.2, 0.25) is 5.02 Å². The Balaban J connectivity index is 1.94. The van der Waals surface area contributed by atoms with Crippen molar-refractivity contribution in [2.24, 2.45) is 0 Å². The minimum atomic E-state index is -0.262. The predicted octanol–water partition coefficient (Wildman–Crippen LogP) is 2.59. The first-order valence-electron chi connectivity index (χ1n) is 5.80. The minimum absolute atomic E-state index is 0.0110. The number of likely N-dealkylation sites (N-methyl/N-ethyl adjacent to an activating group) is 1. The first-order valence-corrected chi connectivity index (χ1v) is 6.18. The molecule has 2 rings (SSSR count). The van der Waals surface area contributed by atoms with Gasteiger partial charge in [0.05, 0.1) is 5.56 Å². The molecule has 0 amide bonds. The number of benzene rings is 1. The van der Waals surface area contributed by atoms with Crippen molar-refractivity contribution < 1.29 is 9.53 Å². The van der Waals surface area contributed by atoms with E-state index in [1.807, 2.05) is 7.05 Å². The van der Waals surface area contributed by atoms with E-state index in [1.165, 1.54) is 0 Å². The first-order chi connectivity index (χ1) is 8.15. The van der Waals surface area contributed by atoms with E-state index >= 15 is 0 Å². The zero-order chi connectivity index (χ0) is 12.3. The normalized spacial score (nSPS) is 21.2. The summed E-state index contributed by atoms with van der Waals surface area (Å²) in [6, 6.07) is 6.78. The largest absolute Gasteiger partial charge is 0.457 e. The van der Waals surface area contributed by atoms with Gasteiger partial charge < -0.3 is 9.64 Å². The number of rotatable bonds is 2. The summed E-state index contributed by atoms with van der Waals surface area (Å²) in [6.45, 7) is 1.90. The average Bonchev–Trinajstić information content (AvgIpc) is 2.29. The molecule has 4 heteroatoms. The molecule has 1 saturated heterocycles. The second-order valence-corrected chi connectivity index (χ2v) is 4.88. The predicted molar refractivity (Wildman–Crippen MR) is 67.4 cm³/mol. The number of nitrogens with zero attached hydrogens (tertiary/aromatic N) is 1. The van der Waals surface area contributed by atoms with Crippen LogP contribution in [0, 0.1) is 0 Å². The van der Waals surface area contributed by atoms with Gasteiger partial charge in [-0.25, -0.2) is 4.79 Å². The Bertz CT molecular complexity index is 391. The molecular weight excluding hydrogens is 238 g/mol. The van der Waals surface area contributed by atoms with E-state index in [0.29, 0.717) is 10.6 Å². The minimum Gasteiger partial charge on any atom is -0.457 e. The highest BCUT2D eigenvalue weighted by Crippen LogP contribution is 2.15. The summed E-state index contributed by atoms with van der Waals surface area (Å²) in [7, 11) is 2.04. The molecule has 0 aromatic heterocycles. The van der Waals surface area contributed by atoms with Gasteiger partial charge in [-0.05, 0) is 50.7 Å². The molecule has 3 nitrogen and oxygen atoms in total. The van der Waals surface area contributed by atoms with E-state index in [1.54, 1.807) is 24.3 Å². The van der Waals surface area contributed by atoms with Crippen molar-refractivity contribution in [1.29, 1.82) is 0 Å². The molecule has 0 radical (unpaired) electrons. The molecule has 1 atom stereocenters. The van der Waals surface area contributed by atoms with Crippen LogP contribution in [-0.4, -0.2) is 37.1 Å². The topological polar surface area (TPSA) is 29.5 Å². The fourth-order valence-corrected chi connectivity index (χ4v) is 2.15. The SMILES string of the molecule is CN1CCC[C@H](OC(=O)c2ccc(Cl)cc2)C1. The third-order valence-electron chi connectivity index (χ3n) is 2.93. The number of likely N-dealkylation sites (tertiary alicyclic amines) is 1. The molecular formula is C13H16ClNO2. The van der Waals surface area contributed by atoms with Gasteiger partial charge in [0.15, 0.2) is 0 Å². The number of ether oxygens (including phenoxy) is 1. The molecule has 0 bridgehead atoms. The second kappa shape index (κ2) is 5.52. The summed E-state index contributed by atoms with van der Waals surface area (Å²) < 4.78 is 5.46. The Hall–Kier alpha value is -1.06. The summed E-state index contributed by atoms with van der Waals surface area (Å²) in [5.41, 5.74) is 0.558. The highest BCUT2D eigenvalue weighted by atomic mass is 35.5. The van der Waals surface area contributed by atoms with E-state index in [2.05, 4.69) is 4.90 Å². The fourth-order valence-electron chi connectivity index (χ4n) is 2.02. The van der Waals surface area contributed by atoms with Gasteiger partial charge in [0, 0.05) is 11.6 Å². The van der Waals surface area contributed by atoms with Crippen molar-refractivity contribution in [2.75, 3.05) is 20.1 Å². The van der Waals surface area contributed by atoms with Crippen molar-refractivity contribution in [3.8, 4) is 0 Å². The second-order valence-electron chi connectivity index (χ2n) is 4.44. The summed E-state index contributed by atoms with van der Waals surface area (Å²) >= 11 is 5.77. The van der Waals surface area contributed by atoms with Gasteiger partial charge in [-0.15, -0.1) is 0 Å². The van der Waals surface area contributed by atoms with E-state index in [4.69, 9.17) is 16.3 Å². The number of hydrogen-bond acceptors (Lipinski definition) is 3. The zero-order valence-corrected chi connectivity index (χ0v) is 10.6. The highest BCUT2D eigenvalue weighted by Gasteiger charge is 2.21. The summed E-state index contributed by atoms with van der Waals surface area (Å²) in [6.07, 6.45) is 2.04. The number of hydrogen-bond donors (Lipinski definition) is 0. The Morgan fingerprint density at radius 3 is 2.76 bits per heavy atom. The Morgan fingerprint density at radius 1 is 1.41 bits per heavy atom. The third-order valence-corrected chi connectivity index (χ3v) is 3.19. The number of carbonyl (C=O) groups is 1. The number of esters is 1. The molecule has 0 N–H and O–H groups in total. The average molecular weight is 254 g/mol. The fraction of sp³-hybridized carbons (Fsp3) is 0.462. The number of piperidine rings is 1. The van der Waals surface area contributed by atoms with E-state index in [9.17, 15) is 4.79 Å². The van der Waals surface area contributed by atoms with Crippen molar-refractivity contribution in [2.45, 2.75) is 18.9 Å². The summed E-state index contributed by atoms with van der Waals surface area (Å²) in [4.78, 5) is 14.0. The van der Waals surface area contributed by atoms with Gasteiger partial charge in [-0.3, -0.25) is 0 Å². The van der Waals surface area contributed by atoms with Crippen molar-refractivity contribution >= 4 is 17.6 Å². The number of halogens is 1. The van der Waals surface area contributed by atoms with E-state index in [-0.39, 0.29) is 12.1 Å². The molecule has 1 heterocycles. The third kappa shape index (κ3) is 3.45. The van der Waals surface area contributed by atoms with Crippen molar-refractivity contribution in [3.63, 3.8) is 0 Å². The number of carbonyl (C=O) groups excluding carboxylic acids is 1. The molecule has 0 aliphatic carbocycles. The monoisotopic (exact) mass is 253 g/mol. The van der Waals surface area contributed by atoms with Crippen LogP contribution in [0.3, 0.4) is 0 Å². The van der Waals surface area contributed by atoms with Crippen LogP contribution in [0.25, 0.3) is 0 Å². The van der Waals surface area contributed by atoms with Crippen LogP contribution in [0.1, 0.15) is 23.2 Å². The molecule has 92 valence electrons. The lowest BCUT2D eigenvalue weighted by Gasteiger charge is -2.29. The van der Waals surface area contributed by atoms with Crippen LogP contribution < -0.4 is 0 Å². The Labute approximate surface area is 106 Å². The van der Waals surface area contributed by atoms with Crippen LogP contribution in [0.5, 0.6) is 0 Å². The smallest absolute Gasteiger partial charge is 0.338 e. The maximum atomic E-state index is 11.8. The van der Waals surface area contributed by atoms with Gasteiger partial charge in [0.25, 0.3) is 0 Å². The van der Waals surface area contributed by atoms with Crippen LogP contribution >= 0.6 is 11.6 Å². The van der Waals surface area contributed by atoms with Crippen LogP contribution in [0.4, 0.5) is 0 Å². The molecule has 1 aliphatic heterocycles. The molecule has 1 aliphatic rings. The van der Waals surface area contributed by atoms with E-state index < -0.39 is 0 Å². The van der Waals surface area contributed by atoms with Crippen LogP contribution in [-0.2, 0) is 4.74 Å². The van der Waals surface area contributed by atoms with Gasteiger partial charge in [0.2, 0.25) is 0 Å². The lowest BCUT2D eigenvalue weighted by Crippen LogP contribution is -2.38. The summed E-state index contributed by atoms with van der Waals surface area (Å²) in [5.74, 6) is -0.262. The Morgan fingerprint density at radius 2 is 2.12 bits per heavy atom. The van der Waals surface area contributed by atoms with Crippen molar-refractivity contribution in [3.05, 3.63) is 34.9 Å². The van der Waals surface area contributed by atoms with Crippen LogP contribution in [0.15, 0.2) is 24.3 Å². The standard InChI is InChI=1S/C13H16ClNO2/c1-15-8-2-3-12(9-15)17-13(16)10-4-6-11(14)7-5-10/h4-7,12H,2-3,8-9H2,1H3/t12-/m0/s1. The lowest BCUT2D eigenvalue weighted by atomic mass is 10.1. The Kier molecular flexibility index (Phi) is 4.02. The maximum absolute atomic E-state index is 11.8. The summed E-state index contributed by atoms with van der Waals surface area (Å²) in [5, 5.41) is 0.624. The molecule has 17 heavy (non-hydrogen) atoms. The van der Waals surface area contributed by atoms with Gasteiger partial charge in [0.1, 0.15) is 6.10 Å². The highest BCUT2D eigenvalue weighted by molar-refractivity contribution is 6.30. The zero-order valence-electron chi connectivity index (χ0n) is 9.86. The van der Waals surface area contributed by atoms with Gasteiger partial charge in [-0.1, -0.05) is 11.6 Å². The molecule has 1 aromatic carbocycles. The molecule has 0 saturated carbocycles. The molecule has 0 spiro atoms. The first kappa shape index (κ1) is 12.4. The van der Waals surface area contributed by atoms with Crippen molar-refractivity contribution in [1.82, 2.24) is 4.90 Å². The lowest BCUT2D eigenvalue weighted by molar-refractivity contribution is 0.0108. The quantitative estimate of drug-likeness (QED) is 0.759. The van der Waals surface area contributed by atoms with Gasteiger partial charge >= 0.3 is 5.97 Å². The molecule has 1 aromatic rings. The molecule has 0 unspecified atom stereocenters.